The molecule has 0 aliphatic heterocycles. The molecule has 4 nitrogen and oxygen atoms in total. The maximum Gasteiger partial charge on any atom is 0.164 e. The summed E-state index contributed by atoms with van der Waals surface area (Å²) in [5.74, 6) is 1.96. The lowest BCUT2D eigenvalue weighted by molar-refractivity contribution is 1.07. The van der Waals surface area contributed by atoms with Crippen molar-refractivity contribution < 1.29 is 0 Å². The number of hydrogen-bond acceptors (Lipinski definition) is 4. The highest BCUT2D eigenvalue weighted by atomic mass is 32.1. The van der Waals surface area contributed by atoms with Crippen LogP contribution in [0.2, 0.25) is 0 Å². The molecular weight excluding hydrogens is 701 g/mol. The van der Waals surface area contributed by atoms with Crippen LogP contribution in [0.4, 0.5) is 0 Å². The molecule has 0 saturated heterocycles. The minimum Gasteiger partial charge on any atom is -0.309 e. The van der Waals surface area contributed by atoms with Crippen LogP contribution in [0.15, 0.2) is 194 Å². The number of aromatic nitrogens is 4. The zero-order chi connectivity index (χ0) is 37.0. The second kappa shape index (κ2) is 13.3. The average molecular weight is 733 g/mol. The molecule has 56 heavy (non-hydrogen) atoms. The zero-order valence-corrected chi connectivity index (χ0v) is 31.0. The number of hydrogen-bond donors (Lipinski definition) is 0. The molecule has 0 bridgehead atoms. The summed E-state index contributed by atoms with van der Waals surface area (Å²) in [5.41, 5.74) is 11.1. The molecule has 3 heterocycles. The second-order valence-corrected chi connectivity index (χ2v) is 15.1. The third kappa shape index (κ3) is 5.48. The lowest BCUT2D eigenvalue weighted by atomic mass is 9.99. The van der Waals surface area contributed by atoms with Gasteiger partial charge in [0.1, 0.15) is 0 Å². The van der Waals surface area contributed by atoms with Gasteiger partial charge in [-0.3, -0.25) is 0 Å². The number of para-hydroxylation sites is 3. The van der Waals surface area contributed by atoms with Crippen LogP contribution in [0.5, 0.6) is 0 Å². The van der Waals surface area contributed by atoms with Crippen LogP contribution in [-0.4, -0.2) is 19.5 Å². The first-order chi connectivity index (χ1) is 27.7. The van der Waals surface area contributed by atoms with Gasteiger partial charge in [-0.05, 0) is 59.2 Å². The summed E-state index contributed by atoms with van der Waals surface area (Å²) in [4.78, 5) is 14.8. The Kier molecular flexibility index (Phi) is 7.64. The third-order valence-electron chi connectivity index (χ3n) is 10.7. The van der Waals surface area contributed by atoms with E-state index in [0.717, 1.165) is 27.8 Å². The van der Waals surface area contributed by atoms with Gasteiger partial charge in [0, 0.05) is 53.2 Å². The molecule has 0 N–H and O–H groups in total. The van der Waals surface area contributed by atoms with Gasteiger partial charge < -0.3 is 4.57 Å². The molecule has 5 heteroatoms. The predicted molar refractivity (Wildman–Crippen MR) is 234 cm³/mol. The summed E-state index contributed by atoms with van der Waals surface area (Å²) in [6.45, 7) is 0. The molecule has 0 saturated carbocycles. The largest absolute Gasteiger partial charge is 0.309 e. The third-order valence-corrected chi connectivity index (χ3v) is 11.8. The van der Waals surface area contributed by atoms with Crippen molar-refractivity contribution in [3.8, 4) is 62.1 Å². The Hall–Kier alpha value is -7.21. The van der Waals surface area contributed by atoms with Crippen LogP contribution >= 0.6 is 11.3 Å². The van der Waals surface area contributed by atoms with Crippen molar-refractivity contribution in [2.75, 3.05) is 0 Å². The number of fused-ring (bicyclic) bond motifs is 6. The standard InChI is InChI=1S/C51H32N4S/c1-3-14-33(15-4-1)49-52-50(34-16-5-2-6-17-34)54-51(53-49)38-19-13-18-35(30-38)36-26-28-42-43-31-37(27-29-47(43)56-48(42)32-36)39-20-7-10-23-44(39)55-45-24-11-8-21-40(45)41-22-9-12-25-46(41)55/h1-32H. The van der Waals surface area contributed by atoms with Gasteiger partial charge in [-0.2, -0.15) is 0 Å². The van der Waals surface area contributed by atoms with E-state index in [1.165, 1.54) is 58.8 Å². The van der Waals surface area contributed by atoms with Gasteiger partial charge in [0.2, 0.25) is 0 Å². The number of thiophene rings is 1. The highest BCUT2D eigenvalue weighted by molar-refractivity contribution is 7.25. The van der Waals surface area contributed by atoms with E-state index in [-0.39, 0.29) is 0 Å². The van der Waals surface area contributed by atoms with E-state index in [1.54, 1.807) is 0 Å². The smallest absolute Gasteiger partial charge is 0.164 e. The highest BCUT2D eigenvalue weighted by Gasteiger charge is 2.17. The maximum absolute atomic E-state index is 4.98. The van der Waals surface area contributed by atoms with Crippen LogP contribution in [0.25, 0.3) is 104 Å². The van der Waals surface area contributed by atoms with Crippen molar-refractivity contribution in [3.63, 3.8) is 0 Å². The highest BCUT2D eigenvalue weighted by Crippen LogP contribution is 2.41. The van der Waals surface area contributed by atoms with Gasteiger partial charge >= 0.3 is 0 Å². The SMILES string of the molecule is c1ccc(-c2nc(-c3ccccc3)nc(-c3cccc(-c4ccc5c(c4)sc4ccc(-c6ccccc6-n6c7ccccc7c7ccccc76)cc45)c3)n2)cc1. The van der Waals surface area contributed by atoms with Crippen LogP contribution in [0, 0.1) is 0 Å². The monoisotopic (exact) mass is 732 g/mol. The van der Waals surface area contributed by atoms with Crippen molar-refractivity contribution in [1.82, 2.24) is 19.5 Å². The molecule has 0 amide bonds. The van der Waals surface area contributed by atoms with Crippen LogP contribution in [0.3, 0.4) is 0 Å². The fraction of sp³-hybridized carbons (Fsp3) is 0. The number of nitrogens with zero attached hydrogens (tertiary/aromatic N) is 4. The Morgan fingerprint density at radius 2 is 0.857 bits per heavy atom. The fourth-order valence-electron chi connectivity index (χ4n) is 7.99. The first-order valence-corrected chi connectivity index (χ1v) is 19.6. The zero-order valence-electron chi connectivity index (χ0n) is 30.2. The molecule has 0 radical (unpaired) electrons. The second-order valence-electron chi connectivity index (χ2n) is 14.0. The Balaban J connectivity index is 0.987. The Bertz CT molecular complexity index is 3140. The Labute approximate surface area is 327 Å². The van der Waals surface area contributed by atoms with Crippen molar-refractivity contribution >= 4 is 53.3 Å². The van der Waals surface area contributed by atoms with E-state index in [9.17, 15) is 0 Å². The number of benzene rings is 8. The maximum atomic E-state index is 4.98. The minimum absolute atomic E-state index is 0.649. The Morgan fingerprint density at radius 3 is 1.55 bits per heavy atom. The van der Waals surface area contributed by atoms with Crippen LogP contribution in [0.1, 0.15) is 0 Å². The predicted octanol–water partition coefficient (Wildman–Crippen LogP) is 13.7. The summed E-state index contributed by atoms with van der Waals surface area (Å²) in [5, 5.41) is 5.06. The Morgan fingerprint density at radius 1 is 0.321 bits per heavy atom. The molecule has 8 aromatic carbocycles. The lowest BCUT2D eigenvalue weighted by Gasteiger charge is -2.14. The summed E-state index contributed by atoms with van der Waals surface area (Å²) >= 11 is 1.84. The molecule has 3 aromatic heterocycles. The van der Waals surface area contributed by atoms with Gasteiger partial charge in [0.25, 0.3) is 0 Å². The van der Waals surface area contributed by atoms with E-state index in [0.29, 0.717) is 17.5 Å². The van der Waals surface area contributed by atoms with Gasteiger partial charge in [-0.1, -0.05) is 152 Å². The lowest BCUT2D eigenvalue weighted by Crippen LogP contribution is -2.00. The van der Waals surface area contributed by atoms with Gasteiger partial charge in [0.05, 0.1) is 16.7 Å². The molecule has 0 aliphatic carbocycles. The van der Waals surface area contributed by atoms with Gasteiger partial charge in [-0.25, -0.2) is 15.0 Å². The van der Waals surface area contributed by atoms with Gasteiger partial charge in [-0.15, -0.1) is 11.3 Å². The minimum atomic E-state index is 0.649. The molecular formula is C51H32N4S. The molecule has 11 rings (SSSR count). The molecule has 0 unspecified atom stereocenters. The first kappa shape index (κ1) is 32.2. The molecule has 0 spiro atoms. The topological polar surface area (TPSA) is 43.6 Å². The number of rotatable bonds is 6. The molecule has 262 valence electrons. The quantitative estimate of drug-likeness (QED) is 0.171. The van der Waals surface area contributed by atoms with E-state index in [2.05, 4.69) is 138 Å². The van der Waals surface area contributed by atoms with Crippen LogP contribution < -0.4 is 0 Å². The summed E-state index contributed by atoms with van der Waals surface area (Å²) in [7, 11) is 0. The molecule has 0 fully saturated rings. The van der Waals surface area contributed by atoms with E-state index in [4.69, 9.17) is 15.0 Å². The van der Waals surface area contributed by atoms with Crippen molar-refractivity contribution in [3.05, 3.63) is 194 Å². The summed E-state index contributed by atoms with van der Waals surface area (Å²) in [6, 6.07) is 68.7. The first-order valence-electron chi connectivity index (χ1n) is 18.8. The van der Waals surface area contributed by atoms with Crippen molar-refractivity contribution in [2.45, 2.75) is 0 Å². The van der Waals surface area contributed by atoms with E-state index in [1.807, 2.05) is 72.0 Å². The van der Waals surface area contributed by atoms with E-state index < -0.39 is 0 Å². The molecule has 0 aliphatic rings. The normalized spacial score (nSPS) is 11.6. The fourth-order valence-corrected chi connectivity index (χ4v) is 9.12. The van der Waals surface area contributed by atoms with Crippen molar-refractivity contribution in [2.24, 2.45) is 0 Å². The summed E-state index contributed by atoms with van der Waals surface area (Å²) in [6.07, 6.45) is 0. The van der Waals surface area contributed by atoms with Gasteiger partial charge in [0.15, 0.2) is 17.5 Å². The van der Waals surface area contributed by atoms with Crippen LogP contribution in [-0.2, 0) is 0 Å². The average Bonchev–Trinajstić information content (AvgIpc) is 3.82. The van der Waals surface area contributed by atoms with Crippen molar-refractivity contribution in [1.29, 1.82) is 0 Å². The summed E-state index contributed by atoms with van der Waals surface area (Å²) < 4.78 is 4.95. The van der Waals surface area contributed by atoms with E-state index >= 15 is 0 Å². The molecule has 0 atom stereocenters. The molecule has 11 aromatic rings.